The molecular formula is C27H27N3O4. The molecule has 0 amide bonds. The zero-order valence-electron chi connectivity index (χ0n) is 19.6. The van der Waals surface area contributed by atoms with Gasteiger partial charge in [0, 0.05) is 17.7 Å². The molecule has 3 aromatic carbocycles. The molecule has 0 saturated carbocycles. The standard InChI is InChI=1S/C27H27N3O4/c1-16-8-9-17(2)19(12-16)15-33-21-10-11-23(24(31)14-21)25-26(18(3)29-27(28)30-25)34-22-7-5-6-20(13-22)32-4/h5-14,31H,15H2,1-4H3,(H2,28,29,30). The van der Waals surface area contributed by atoms with E-state index in [1.807, 2.05) is 26.0 Å². The van der Waals surface area contributed by atoms with E-state index >= 15 is 0 Å². The van der Waals surface area contributed by atoms with Crippen molar-refractivity contribution < 1.29 is 19.3 Å². The Hall–Kier alpha value is -4.26. The zero-order valence-corrected chi connectivity index (χ0v) is 19.6. The van der Waals surface area contributed by atoms with Gasteiger partial charge in [-0.05, 0) is 56.2 Å². The second kappa shape index (κ2) is 9.70. The Kier molecular flexibility index (Phi) is 6.54. The van der Waals surface area contributed by atoms with E-state index in [0.29, 0.717) is 46.6 Å². The number of ether oxygens (including phenoxy) is 3. The summed E-state index contributed by atoms with van der Waals surface area (Å²) >= 11 is 0. The molecule has 0 spiro atoms. The lowest BCUT2D eigenvalue weighted by Gasteiger charge is -2.15. The average Bonchev–Trinajstić information content (AvgIpc) is 2.81. The predicted molar refractivity (Wildman–Crippen MR) is 132 cm³/mol. The molecule has 0 aliphatic rings. The van der Waals surface area contributed by atoms with Gasteiger partial charge >= 0.3 is 0 Å². The highest BCUT2D eigenvalue weighted by Gasteiger charge is 2.19. The van der Waals surface area contributed by atoms with Crippen LogP contribution in [0.3, 0.4) is 0 Å². The molecule has 4 aromatic rings. The minimum absolute atomic E-state index is 0.00791. The number of phenolic OH excluding ortho intramolecular Hbond substituents is 1. The number of aromatic hydroxyl groups is 1. The van der Waals surface area contributed by atoms with Crippen LogP contribution in [0.15, 0.2) is 60.7 Å². The van der Waals surface area contributed by atoms with Gasteiger partial charge in [-0.3, -0.25) is 0 Å². The SMILES string of the molecule is COc1cccc(Oc2c(C)nc(N)nc2-c2ccc(OCc3cc(C)ccc3C)cc2O)c1. The first-order valence-corrected chi connectivity index (χ1v) is 10.8. The van der Waals surface area contributed by atoms with Crippen LogP contribution in [0.25, 0.3) is 11.3 Å². The fraction of sp³-hybridized carbons (Fsp3) is 0.185. The molecule has 4 rings (SSSR count). The monoisotopic (exact) mass is 457 g/mol. The van der Waals surface area contributed by atoms with Crippen molar-refractivity contribution in [3.8, 4) is 40.0 Å². The van der Waals surface area contributed by atoms with Crippen molar-refractivity contribution in [3.63, 3.8) is 0 Å². The van der Waals surface area contributed by atoms with Crippen molar-refractivity contribution in [2.75, 3.05) is 12.8 Å². The molecule has 0 atom stereocenters. The highest BCUT2D eigenvalue weighted by molar-refractivity contribution is 5.75. The molecule has 0 fully saturated rings. The van der Waals surface area contributed by atoms with Gasteiger partial charge < -0.3 is 25.1 Å². The van der Waals surface area contributed by atoms with Crippen LogP contribution in [0, 0.1) is 20.8 Å². The molecule has 174 valence electrons. The molecule has 0 bridgehead atoms. The van der Waals surface area contributed by atoms with Gasteiger partial charge in [0.05, 0.1) is 12.8 Å². The van der Waals surface area contributed by atoms with Crippen molar-refractivity contribution >= 4 is 5.95 Å². The number of phenols is 1. The summed E-state index contributed by atoms with van der Waals surface area (Å²) in [6.45, 7) is 6.26. The second-order valence-electron chi connectivity index (χ2n) is 8.02. The van der Waals surface area contributed by atoms with Crippen molar-refractivity contribution in [2.45, 2.75) is 27.4 Å². The van der Waals surface area contributed by atoms with Crippen molar-refractivity contribution in [1.82, 2.24) is 9.97 Å². The van der Waals surface area contributed by atoms with Crippen molar-refractivity contribution in [2.24, 2.45) is 0 Å². The van der Waals surface area contributed by atoms with E-state index in [4.69, 9.17) is 19.9 Å². The Morgan fingerprint density at radius 3 is 2.44 bits per heavy atom. The fourth-order valence-corrected chi connectivity index (χ4v) is 3.59. The third-order valence-corrected chi connectivity index (χ3v) is 5.44. The van der Waals surface area contributed by atoms with E-state index in [9.17, 15) is 5.11 Å². The van der Waals surface area contributed by atoms with Crippen LogP contribution in [0.4, 0.5) is 5.95 Å². The number of nitrogens with zero attached hydrogens (tertiary/aromatic N) is 2. The van der Waals surface area contributed by atoms with Crippen molar-refractivity contribution in [1.29, 1.82) is 0 Å². The van der Waals surface area contributed by atoms with Crippen LogP contribution in [0.2, 0.25) is 0 Å². The van der Waals surface area contributed by atoms with Gasteiger partial charge in [-0.2, -0.15) is 0 Å². The molecular weight excluding hydrogens is 430 g/mol. The Labute approximate surface area is 198 Å². The van der Waals surface area contributed by atoms with Crippen LogP contribution < -0.4 is 19.9 Å². The smallest absolute Gasteiger partial charge is 0.221 e. The number of anilines is 1. The molecule has 0 aliphatic heterocycles. The van der Waals surface area contributed by atoms with Gasteiger partial charge in [0.2, 0.25) is 5.95 Å². The largest absolute Gasteiger partial charge is 0.507 e. The molecule has 34 heavy (non-hydrogen) atoms. The second-order valence-corrected chi connectivity index (χ2v) is 8.02. The van der Waals surface area contributed by atoms with Gasteiger partial charge in [0.1, 0.15) is 35.3 Å². The summed E-state index contributed by atoms with van der Waals surface area (Å²) in [6.07, 6.45) is 0. The van der Waals surface area contributed by atoms with Gasteiger partial charge in [-0.1, -0.05) is 29.8 Å². The molecule has 1 heterocycles. The maximum atomic E-state index is 10.8. The number of benzene rings is 3. The minimum atomic E-state index is -0.00791. The number of hydrogen-bond donors (Lipinski definition) is 2. The van der Waals surface area contributed by atoms with Crippen LogP contribution in [-0.2, 0) is 6.61 Å². The Balaban J connectivity index is 1.64. The zero-order chi connectivity index (χ0) is 24.2. The van der Waals surface area contributed by atoms with Crippen LogP contribution in [0.5, 0.6) is 28.7 Å². The summed E-state index contributed by atoms with van der Waals surface area (Å²) in [6, 6.07) is 18.5. The molecule has 0 saturated heterocycles. The molecule has 7 nitrogen and oxygen atoms in total. The summed E-state index contributed by atoms with van der Waals surface area (Å²) in [4.78, 5) is 8.59. The number of aryl methyl sites for hydroxylation is 3. The Bertz CT molecular complexity index is 1340. The van der Waals surface area contributed by atoms with Gasteiger partial charge in [-0.15, -0.1) is 0 Å². The van der Waals surface area contributed by atoms with Gasteiger partial charge in [0.15, 0.2) is 5.75 Å². The normalized spacial score (nSPS) is 10.7. The molecule has 0 aliphatic carbocycles. The van der Waals surface area contributed by atoms with E-state index in [1.165, 1.54) is 5.56 Å². The third kappa shape index (κ3) is 5.04. The highest BCUT2D eigenvalue weighted by Crippen LogP contribution is 2.40. The number of aromatic nitrogens is 2. The molecule has 1 aromatic heterocycles. The predicted octanol–water partition coefficient (Wildman–Crippen LogP) is 5.74. The van der Waals surface area contributed by atoms with E-state index in [-0.39, 0.29) is 11.7 Å². The number of methoxy groups -OCH3 is 1. The van der Waals surface area contributed by atoms with Crippen LogP contribution in [-0.4, -0.2) is 22.2 Å². The third-order valence-electron chi connectivity index (χ3n) is 5.44. The van der Waals surface area contributed by atoms with E-state index in [2.05, 4.69) is 28.2 Å². The van der Waals surface area contributed by atoms with Crippen LogP contribution >= 0.6 is 0 Å². The van der Waals surface area contributed by atoms with Gasteiger partial charge in [0.25, 0.3) is 0 Å². The molecule has 0 radical (unpaired) electrons. The number of hydrogen-bond acceptors (Lipinski definition) is 7. The maximum absolute atomic E-state index is 10.8. The minimum Gasteiger partial charge on any atom is -0.507 e. The maximum Gasteiger partial charge on any atom is 0.221 e. The number of nitrogens with two attached hydrogens (primary N) is 1. The molecule has 0 unspecified atom stereocenters. The summed E-state index contributed by atoms with van der Waals surface area (Å²) < 4.78 is 17.3. The fourth-order valence-electron chi connectivity index (χ4n) is 3.59. The lowest BCUT2D eigenvalue weighted by Crippen LogP contribution is -2.03. The average molecular weight is 458 g/mol. The first kappa shape index (κ1) is 22.9. The first-order valence-electron chi connectivity index (χ1n) is 10.8. The van der Waals surface area contributed by atoms with E-state index in [1.54, 1.807) is 44.4 Å². The first-order chi connectivity index (χ1) is 16.3. The van der Waals surface area contributed by atoms with Crippen LogP contribution in [0.1, 0.15) is 22.4 Å². The summed E-state index contributed by atoms with van der Waals surface area (Å²) in [5, 5.41) is 10.8. The summed E-state index contributed by atoms with van der Waals surface area (Å²) in [7, 11) is 1.59. The lowest BCUT2D eigenvalue weighted by molar-refractivity contribution is 0.303. The number of nitrogen functional groups attached to an aromatic ring is 1. The summed E-state index contributed by atoms with van der Waals surface area (Å²) in [5.41, 5.74) is 10.7. The molecule has 7 heteroatoms. The topological polar surface area (TPSA) is 99.7 Å². The van der Waals surface area contributed by atoms with E-state index in [0.717, 1.165) is 11.1 Å². The van der Waals surface area contributed by atoms with E-state index < -0.39 is 0 Å². The number of rotatable bonds is 7. The summed E-state index contributed by atoms with van der Waals surface area (Å²) in [5.74, 6) is 2.20. The quantitative estimate of drug-likeness (QED) is 0.365. The lowest BCUT2D eigenvalue weighted by atomic mass is 10.1. The molecule has 3 N–H and O–H groups in total. The van der Waals surface area contributed by atoms with Gasteiger partial charge in [-0.25, -0.2) is 9.97 Å². The Morgan fingerprint density at radius 2 is 1.68 bits per heavy atom. The Morgan fingerprint density at radius 1 is 0.882 bits per heavy atom. The van der Waals surface area contributed by atoms with Crippen molar-refractivity contribution in [3.05, 3.63) is 83.0 Å². The highest BCUT2D eigenvalue weighted by atomic mass is 16.5.